The highest BCUT2D eigenvalue weighted by atomic mass is 16.5. The van der Waals surface area contributed by atoms with Gasteiger partial charge in [-0.25, -0.2) is 0 Å². The number of hydrogen-bond donors (Lipinski definition) is 2. The topological polar surface area (TPSA) is 76.7 Å². The zero-order chi connectivity index (χ0) is 19.2. The Kier molecular flexibility index (Phi) is 5.76. The maximum atomic E-state index is 12.4. The minimum atomic E-state index is -0.140. The Morgan fingerprint density at radius 3 is 2.63 bits per heavy atom. The van der Waals surface area contributed by atoms with Gasteiger partial charge >= 0.3 is 0 Å². The lowest BCUT2D eigenvalue weighted by Gasteiger charge is -2.19. The predicted octanol–water partition coefficient (Wildman–Crippen LogP) is 2.79. The molecule has 140 valence electrons. The van der Waals surface area contributed by atoms with Crippen LogP contribution in [0.1, 0.15) is 18.1 Å². The summed E-state index contributed by atoms with van der Waals surface area (Å²) in [5.41, 5.74) is 3.25. The van der Waals surface area contributed by atoms with E-state index in [0.29, 0.717) is 30.0 Å². The third-order valence-electron chi connectivity index (χ3n) is 4.20. The molecule has 2 amide bonds. The van der Waals surface area contributed by atoms with Gasteiger partial charge in [-0.15, -0.1) is 0 Å². The molecule has 0 atom stereocenters. The minimum absolute atomic E-state index is 0.0998. The molecule has 0 saturated heterocycles. The highest BCUT2D eigenvalue weighted by Crippen LogP contribution is 2.35. The van der Waals surface area contributed by atoms with Crippen molar-refractivity contribution < 1.29 is 19.1 Å². The van der Waals surface area contributed by atoms with Crippen molar-refractivity contribution in [1.29, 1.82) is 0 Å². The van der Waals surface area contributed by atoms with Crippen LogP contribution < -0.4 is 20.1 Å². The normalized spacial score (nSPS) is 12.3. The molecule has 6 heteroatoms. The first kappa shape index (κ1) is 18.5. The second-order valence-corrected chi connectivity index (χ2v) is 6.22. The summed E-state index contributed by atoms with van der Waals surface area (Å²) in [5, 5.41) is 5.65. The lowest BCUT2D eigenvalue weighted by Crippen LogP contribution is -2.30. The number of ether oxygens (including phenoxy) is 2. The molecule has 2 aromatic rings. The molecule has 0 unspecified atom stereocenters. The lowest BCUT2D eigenvalue weighted by molar-refractivity contribution is -0.117. The summed E-state index contributed by atoms with van der Waals surface area (Å²) in [6.07, 6.45) is 2.53. The van der Waals surface area contributed by atoms with Gasteiger partial charge in [0.2, 0.25) is 5.91 Å². The average molecular weight is 366 g/mol. The molecule has 0 aromatic heterocycles. The van der Waals surface area contributed by atoms with Crippen molar-refractivity contribution in [2.45, 2.75) is 13.3 Å². The fraction of sp³-hybridized carbons (Fsp3) is 0.238. The molecule has 0 spiro atoms. The third-order valence-corrected chi connectivity index (χ3v) is 4.20. The van der Waals surface area contributed by atoms with Gasteiger partial charge in [0.1, 0.15) is 6.61 Å². The van der Waals surface area contributed by atoms with E-state index >= 15 is 0 Å². The zero-order valence-corrected chi connectivity index (χ0v) is 15.4. The van der Waals surface area contributed by atoms with Crippen LogP contribution >= 0.6 is 0 Å². The highest BCUT2D eigenvalue weighted by Gasteiger charge is 2.19. The van der Waals surface area contributed by atoms with Crippen LogP contribution in [0.2, 0.25) is 0 Å². The van der Waals surface area contributed by atoms with Crippen LogP contribution in [0.4, 0.5) is 5.69 Å². The highest BCUT2D eigenvalue weighted by molar-refractivity contribution is 5.99. The predicted molar refractivity (Wildman–Crippen MR) is 104 cm³/mol. The number of fused-ring (bicyclic) bond motifs is 1. The molecule has 0 bridgehead atoms. The number of carbonyl (C=O) groups excluding carboxylic acids is 2. The van der Waals surface area contributed by atoms with Crippen LogP contribution in [-0.4, -0.2) is 32.1 Å². The second kappa shape index (κ2) is 8.40. The van der Waals surface area contributed by atoms with Gasteiger partial charge in [0.05, 0.1) is 12.7 Å². The van der Waals surface area contributed by atoms with Gasteiger partial charge in [-0.1, -0.05) is 24.3 Å². The monoisotopic (exact) mass is 366 g/mol. The average Bonchev–Trinajstić information content (AvgIpc) is 2.67. The van der Waals surface area contributed by atoms with Gasteiger partial charge in [-0.3, -0.25) is 9.59 Å². The minimum Gasteiger partial charge on any atom is -0.493 e. The fourth-order valence-electron chi connectivity index (χ4n) is 2.86. The van der Waals surface area contributed by atoms with Crippen molar-refractivity contribution in [3.8, 4) is 11.5 Å². The fourth-order valence-corrected chi connectivity index (χ4v) is 2.86. The van der Waals surface area contributed by atoms with Crippen molar-refractivity contribution in [1.82, 2.24) is 5.32 Å². The van der Waals surface area contributed by atoms with E-state index in [2.05, 4.69) is 10.6 Å². The Morgan fingerprint density at radius 1 is 1.15 bits per heavy atom. The first-order valence-corrected chi connectivity index (χ1v) is 8.72. The number of carbonyl (C=O) groups is 2. The summed E-state index contributed by atoms with van der Waals surface area (Å²) in [4.78, 5) is 23.4. The van der Waals surface area contributed by atoms with Crippen LogP contribution in [-0.2, 0) is 16.0 Å². The van der Waals surface area contributed by atoms with Gasteiger partial charge in [0.15, 0.2) is 11.5 Å². The Labute approximate surface area is 158 Å². The largest absolute Gasteiger partial charge is 0.493 e. The van der Waals surface area contributed by atoms with E-state index in [1.807, 2.05) is 48.5 Å². The van der Waals surface area contributed by atoms with Crippen molar-refractivity contribution in [2.24, 2.45) is 0 Å². The first-order chi connectivity index (χ1) is 13.1. The van der Waals surface area contributed by atoms with Gasteiger partial charge in [0.25, 0.3) is 5.91 Å². The SMILES string of the molecule is COc1cccc2c1OCC(C(=O)NCCc1ccc(NC(C)=O)cc1)=C2. The number of methoxy groups -OCH3 is 1. The van der Waals surface area contributed by atoms with E-state index < -0.39 is 0 Å². The van der Waals surface area contributed by atoms with Crippen LogP contribution in [0.3, 0.4) is 0 Å². The Hall–Kier alpha value is -3.28. The number of nitrogens with one attached hydrogen (secondary N) is 2. The van der Waals surface area contributed by atoms with E-state index in [-0.39, 0.29) is 18.4 Å². The molecular weight excluding hydrogens is 344 g/mol. The first-order valence-electron chi connectivity index (χ1n) is 8.72. The summed E-state index contributed by atoms with van der Waals surface area (Å²) in [6.45, 7) is 2.20. The molecule has 3 rings (SSSR count). The molecule has 0 fully saturated rings. The molecule has 1 aliphatic heterocycles. The molecule has 2 aromatic carbocycles. The standard InChI is InChI=1S/C21H22N2O4/c1-14(24)23-18-8-6-15(7-9-18)10-11-22-21(25)17-12-16-4-3-5-19(26-2)20(16)27-13-17/h3-9,12H,10-11,13H2,1-2H3,(H,22,25)(H,23,24). The smallest absolute Gasteiger partial charge is 0.250 e. The van der Waals surface area contributed by atoms with Crippen LogP contribution in [0.5, 0.6) is 11.5 Å². The molecule has 0 aliphatic carbocycles. The second-order valence-electron chi connectivity index (χ2n) is 6.22. The summed E-state index contributed by atoms with van der Waals surface area (Å²) in [5.74, 6) is 1.08. The maximum absolute atomic E-state index is 12.4. The quantitative estimate of drug-likeness (QED) is 0.824. The van der Waals surface area contributed by atoms with Gasteiger partial charge in [0, 0.05) is 24.7 Å². The van der Waals surface area contributed by atoms with Crippen molar-refractivity contribution >= 4 is 23.6 Å². The number of amides is 2. The van der Waals surface area contributed by atoms with E-state index in [9.17, 15) is 9.59 Å². The molecule has 6 nitrogen and oxygen atoms in total. The molecule has 2 N–H and O–H groups in total. The summed E-state index contributed by atoms with van der Waals surface area (Å²) < 4.78 is 11.0. The van der Waals surface area contributed by atoms with E-state index in [1.54, 1.807) is 7.11 Å². The number of rotatable bonds is 6. The summed E-state index contributed by atoms with van der Waals surface area (Å²) >= 11 is 0. The number of anilines is 1. The Morgan fingerprint density at radius 2 is 1.93 bits per heavy atom. The van der Waals surface area contributed by atoms with Gasteiger partial charge in [-0.2, -0.15) is 0 Å². The van der Waals surface area contributed by atoms with E-state index in [0.717, 1.165) is 16.8 Å². The van der Waals surface area contributed by atoms with Crippen LogP contribution in [0.25, 0.3) is 6.08 Å². The molecule has 0 saturated carbocycles. The van der Waals surface area contributed by atoms with Crippen molar-refractivity contribution in [3.63, 3.8) is 0 Å². The molecule has 0 radical (unpaired) electrons. The summed E-state index contributed by atoms with van der Waals surface area (Å²) in [6, 6.07) is 13.1. The molecule has 27 heavy (non-hydrogen) atoms. The van der Waals surface area contributed by atoms with E-state index in [1.165, 1.54) is 6.92 Å². The van der Waals surface area contributed by atoms with Gasteiger partial charge < -0.3 is 20.1 Å². The van der Waals surface area contributed by atoms with Crippen molar-refractivity contribution in [3.05, 3.63) is 59.2 Å². The summed E-state index contributed by atoms with van der Waals surface area (Å²) in [7, 11) is 1.59. The molecule has 1 aliphatic rings. The van der Waals surface area contributed by atoms with Crippen LogP contribution in [0, 0.1) is 0 Å². The lowest BCUT2D eigenvalue weighted by atomic mass is 10.1. The third kappa shape index (κ3) is 4.67. The Balaban J connectivity index is 1.55. The van der Waals surface area contributed by atoms with Crippen molar-refractivity contribution in [2.75, 3.05) is 25.6 Å². The number of para-hydroxylation sites is 1. The molecule has 1 heterocycles. The zero-order valence-electron chi connectivity index (χ0n) is 15.4. The number of hydrogen-bond acceptors (Lipinski definition) is 4. The maximum Gasteiger partial charge on any atom is 0.250 e. The van der Waals surface area contributed by atoms with E-state index in [4.69, 9.17) is 9.47 Å². The Bertz CT molecular complexity index is 872. The van der Waals surface area contributed by atoms with Gasteiger partial charge in [-0.05, 0) is 36.3 Å². The molecular formula is C21H22N2O4. The number of benzene rings is 2. The van der Waals surface area contributed by atoms with Crippen LogP contribution in [0.15, 0.2) is 48.0 Å².